The number of rotatable bonds is 4. The van der Waals surface area contributed by atoms with Crippen LogP contribution in [-0.2, 0) is 6.42 Å². The van der Waals surface area contributed by atoms with Gasteiger partial charge in [0, 0.05) is 5.38 Å². The molecular weight excluding hydrogens is 211 g/mol. The third-order valence-electron chi connectivity index (χ3n) is 2.46. The van der Waals surface area contributed by atoms with Crippen LogP contribution in [-0.4, -0.2) is 5.38 Å². The molecule has 0 saturated heterocycles. The monoisotopic (exact) mass is 228 g/mol. The van der Waals surface area contributed by atoms with Crippen LogP contribution in [0.1, 0.15) is 32.8 Å². The largest absolute Gasteiger partial charge is 0.207 e. The van der Waals surface area contributed by atoms with E-state index in [0.29, 0.717) is 0 Å². The van der Waals surface area contributed by atoms with E-state index in [1.165, 1.54) is 6.07 Å². The Morgan fingerprint density at radius 3 is 2.47 bits per heavy atom. The smallest absolute Gasteiger partial charge is 0.126 e. The molecule has 0 aromatic heterocycles. The summed E-state index contributed by atoms with van der Waals surface area (Å²) in [5.41, 5.74) is 0.823. The summed E-state index contributed by atoms with van der Waals surface area (Å²) in [5, 5.41) is 0.131. The van der Waals surface area contributed by atoms with Gasteiger partial charge in [0.2, 0.25) is 0 Å². The van der Waals surface area contributed by atoms with Crippen molar-refractivity contribution in [3.63, 3.8) is 0 Å². The molecule has 0 heterocycles. The van der Waals surface area contributed by atoms with E-state index in [-0.39, 0.29) is 16.6 Å². The Kier molecular flexibility index (Phi) is 4.15. The van der Waals surface area contributed by atoms with Crippen LogP contribution in [0.4, 0.5) is 4.39 Å². The van der Waals surface area contributed by atoms with Gasteiger partial charge in [-0.25, -0.2) is 4.39 Å². The topological polar surface area (TPSA) is 0 Å². The number of hydrogen-bond donors (Lipinski definition) is 0. The predicted molar refractivity (Wildman–Crippen MR) is 63.8 cm³/mol. The second-order valence-corrected chi connectivity index (χ2v) is 5.66. The van der Waals surface area contributed by atoms with Gasteiger partial charge in [0.1, 0.15) is 5.82 Å². The second-order valence-electron chi connectivity index (χ2n) is 4.92. The Balaban J connectivity index is 2.73. The molecule has 0 nitrogen and oxygen atoms in total. The number of benzene rings is 1. The SMILES string of the molecule is CC(Cl)CC(C)(C)Cc1ccccc1F. The van der Waals surface area contributed by atoms with Crippen LogP contribution in [0, 0.1) is 11.2 Å². The van der Waals surface area contributed by atoms with E-state index >= 15 is 0 Å². The summed E-state index contributed by atoms with van der Waals surface area (Å²) in [5.74, 6) is -0.118. The van der Waals surface area contributed by atoms with Gasteiger partial charge in [0.25, 0.3) is 0 Å². The summed E-state index contributed by atoms with van der Waals surface area (Å²) in [6, 6.07) is 6.94. The molecule has 1 aromatic rings. The van der Waals surface area contributed by atoms with Crippen molar-refractivity contribution in [1.29, 1.82) is 0 Å². The standard InChI is InChI=1S/C13H18ClF/c1-10(14)8-13(2,3)9-11-6-4-5-7-12(11)15/h4-7,10H,8-9H2,1-3H3. The van der Waals surface area contributed by atoms with Gasteiger partial charge in [0.05, 0.1) is 0 Å². The molecule has 0 spiro atoms. The first kappa shape index (κ1) is 12.5. The molecule has 15 heavy (non-hydrogen) atoms. The first-order valence-corrected chi connectivity index (χ1v) is 5.72. The molecule has 1 unspecified atom stereocenters. The van der Waals surface area contributed by atoms with Gasteiger partial charge in [-0.2, -0.15) is 0 Å². The van der Waals surface area contributed by atoms with Gasteiger partial charge in [-0.15, -0.1) is 11.6 Å². The average Bonchev–Trinajstić information content (AvgIpc) is 2.06. The Hall–Kier alpha value is -0.560. The molecule has 2 heteroatoms. The van der Waals surface area contributed by atoms with Crippen molar-refractivity contribution in [3.05, 3.63) is 35.6 Å². The van der Waals surface area contributed by atoms with Crippen molar-refractivity contribution < 1.29 is 4.39 Å². The summed E-state index contributed by atoms with van der Waals surface area (Å²) in [4.78, 5) is 0. The fourth-order valence-electron chi connectivity index (χ4n) is 1.99. The van der Waals surface area contributed by atoms with Crippen LogP contribution < -0.4 is 0 Å². The molecule has 0 aliphatic heterocycles. The van der Waals surface area contributed by atoms with E-state index in [0.717, 1.165) is 18.4 Å². The number of hydrogen-bond acceptors (Lipinski definition) is 0. The summed E-state index contributed by atoms with van der Waals surface area (Å²) < 4.78 is 13.4. The fourth-order valence-corrected chi connectivity index (χ4v) is 2.41. The van der Waals surface area contributed by atoms with Crippen molar-refractivity contribution in [2.24, 2.45) is 5.41 Å². The molecule has 0 aliphatic carbocycles. The van der Waals surface area contributed by atoms with E-state index in [4.69, 9.17) is 11.6 Å². The van der Waals surface area contributed by atoms with Gasteiger partial charge in [0.15, 0.2) is 0 Å². The number of alkyl halides is 1. The highest BCUT2D eigenvalue weighted by molar-refractivity contribution is 6.20. The molecule has 0 aliphatic rings. The van der Waals surface area contributed by atoms with Gasteiger partial charge < -0.3 is 0 Å². The van der Waals surface area contributed by atoms with Gasteiger partial charge in [-0.1, -0.05) is 32.0 Å². The zero-order valence-corrected chi connectivity index (χ0v) is 10.3. The quantitative estimate of drug-likeness (QED) is 0.670. The molecule has 0 saturated carbocycles. The molecule has 0 amide bonds. The third-order valence-corrected chi connectivity index (χ3v) is 2.62. The van der Waals surface area contributed by atoms with Crippen LogP contribution in [0.3, 0.4) is 0 Å². The zero-order chi connectivity index (χ0) is 11.5. The minimum absolute atomic E-state index is 0.0450. The summed E-state index contributed by atoms with van der Waals surface area (Å²) in [6.07, 6.45) is 1.62. The minimum atomic E-state index is -0.118. The Morgan fingerprint density at radius 1 is 1.33 bits per heavy atom. The van der Waals surface area contributed by atoms with E-state index in [1.54, 1.807) is 6.07 Å². The summed E-state index contributed by atoms with van der Waals surface area (Å²) >= 11 is 5.97. The molecule has 0 N–H and O–H groups in total. The minimum Gasteiger partial charge on any atom is -0.207 e. The third kappa shape index (κ3) is 4.21. The van der Waals surface area contributed by atoms with Crippen molar-refractivity contribution in [3.8, 4) is 0 Å². The lowest BCUT2D eigenvalue weighted by atomic mass is 9.81. The van der Waals surface area contributed by atoms with Crippen LogP contribution in [0.15, 0.2) is 24.3 Å². The summed E-state index contributed by atoms with van der Waals surface area (Å²) in [6.45, 7) is 6.22. The molecule has 1 rings (SSSR count). The van der Waals surface area contributed by atoms with Gasteiger partial charge in [-0.05, 0) is 36.8 Å². The van der Waals surface area contributed by atoms with E-state index in [1.807, 2.05) is 19.1 Å². The lowest BCUT2D eigenvalue weighted by Gasteiger charge is -2.26. The lowest BCUT2D eigenvalue weighted by molar-refractivity contribution is 0.327. The van der Waals surface area contributed by atoms with Crippen molar-refractivity contribution in [2.45, 2.75) is 39.0 Å². The van der Waals surface area contributed by atoms with Crippen LogP contribution in [0.5, 0.6) is 0 Å². The first-order chi connectivity index (χ1) is 6.91. The molecular formula is C13H18ClF. The maximum Gasteiger partial charge on any atom is 0.126 e. The molecule has 1 atom stereocenters. The lowest BCUT2D eigenvalue weighted by Crippen LogP contribution is -2.19. The van der Waals surface area contributed by atoms with E-state index in [2.05, 4.69) is 13.8 Å². The molecule has 1 aromatic carbocycles. The van der Waals surface area contributed by atoms with E-state index in [9.17, 15) is 4.39 Å². The highest BCUT2D eigenvalue weighted by atomic mass is 35.5. The Labute approximate surface area is 96.5 Å². The molecule has 0 radical (unpaired) electrons. The zero-order valence-electron chi connectivity index (χ0n) is 9.56. The van der Waals surface area contributed by atoms with Gasteiger partial charge >= 0.3 is 0 Å². The normalized spacial score (nSPS) is 13.9. The van der Waals surface area contributed by atoms with Crippen LogP contribution in [0.25, 0.3) is 0 Å². The van der Waals surface area contributed by atoms with Crippen molar-refractivity contribution in [2.75, 3.05) is 0 Å². The average molecular weight is 229 g/mol. The van der Waals surface area contributed by atoms with Gasteiger partial charge in [-0.3, -0.25) is 0 Å². The molecule has 84 valence electrons. The van der Waals surface area contributed by atoms with Crippen LogP contribution >= 0.6 is 11.6 Å². The number of halogens is 2. The maximum atomic E-state index is 13.4. The predicted octanol–water partition coefficient (Wildman–Crippen LogP) is 4.41. The highest BCUT2D eigenvalue weighted by Gasteiger charge is 2.21. The first-order valence-electron chi connectivity index (χ1n) is 5.28. The Bertz CT molecular complexity index is 318. The second kappa shape index (κ2) is 4.98. The highest BCUT2D eigenvalue weighted by Crippen LogP contribution is 2.29. The maximum absolute atomic E-state index is 13.4. The van der Waals surface area contributed by atoms with Crippen molar-refractivity contribution >= 4 is 11.6 Å². The Morgan fingerprint density at radius 2 is 1.93 bits per heavy atom. The molecule has 0 bridgehead atoms. The molecule has 0 fully saturated rings. The van der Waals surface area contributed by atoms with Crippen LogP contribution in [0.2, 0.25) is 0 Å². The van der Waals surface area contributed by atoms with E-state index < -0.39 is 0 Å². The fraction of sp³-hybridized carbons (Fsp3) is 0.538. The summed E-state index contributed by atoms with van der Waals surface area (Å²) in [7, 11) is 0. The van der Waals surface area contributed by atoms with Crippen molar-refractivity contribution in [1.82, 2.24) is 0 Å².